The third kappa shape index (κ3) is 3.40. The molecular weight excluding hydrogens is 278 g/mol. The summed E-state index contributed by atoms with van der Waals surface area (Å²) in [5.41, 5.74) is 3.81. The minimum atomic E-state index is -4.44. The second-order valence-corrected chi connectivity index (χ2v) is 6.11. The summed E-state index contributed by atoms with van der Waals surface area (Å²) in [6, 6.07) is 1.44. The van der Waals surface area contributed by atoms with E-state index in [-0.39, 0.29) is 12.1 Å². The Morgan fingerprint density at radius 2 is 1.84 bits per heavy atom. The Balaban J connectivity index is 3.29. The van der Waals surface area contributed by atoms with Crippen LogP contribution in [0.2, 0.25) is 0 Å². The van der Waals surface area contributed by atoms with Crippen LogP contribution in [0.3, 0.4) is 0 Å². The fourth-order valence-electron chi connectivity index (χ4n) is 1.43. The molecule has 8 heteroatoms. The summed E-state index contributed by atoms with van der Waals surface area (Å²) in [4.78, 5) is -1.10. The minimum Gasteiger partial charge on any atom is -0.399 e. The quantitative estimate of drug-likeness (QED) is 0.706. The van der Waals surface area contributed by atoms with Gasteiger partial charge in [0.15, 0.2) is 4.90 Å². The van der Waals surface area contributed by atoms with Crippen molar-refractivity contribution in [3.63, 3.8) is 0 Å². The summed E-state index contributed by atoms with van der Waals surface area (Å²) < 4.78 is 53.2. The van der Waals surface area contributed by atoms with Crippen LogP contribution in [0, 0.1) is 11.6 Å². The maximum atomic E-state index is 13.6. The number of nitrogen functional groups attached to an aromatic ring is 1. The normalized spacial score (nSPS) is 15.2. The van der Waals surface area contributed by atoms with E-state index in [0.717, 1.165) is 12.1 Å². The first kappa shape index (κ1) is 15.8. The molecule has 0 fully saturated rings. The van der Waals surface area contributed by atoms with Crippen molar-refractivity contribution < 1.29 is 22.3 Å². The smallest absolute Gasteiger partial charge is 0.247 e. The number of hydrogen-bond donors (Lipinski definition) is 3. The van der Waals surface area contributed by atoms with Crippen molar-refractivity contribution in [3.05, 3.63) is 23.8 Å². The molecule has 0 saturated carbocycles. The maximum Gasteiger partial charge on any atom is 0.247 e. The number of aliphatic hydroxyl groups excluding tert-OH is 1. The van der Waals surface area contributed by atoms with Gasteiger partial charge in [-0.15, -0.1) is 0 Å². The van der Waals surface area contributed by atoms with Gasteiger partial charge in [-0.3, -0.25) is 0 Å². The second kappa shape index (κ2) is 5.40. The lowest BCUT2D eigenvalue weighted by Gasteiger charge is -2.26. The van der Waals surface area contributed by atoms with Crippen LogP contribution in [-0.2, 0) is 10.0 Å². The van der Waals surface area contributed by atoms with Crippen molar-refractivity contribution in [1.82, 2.24) is 4.72 Å². The average Bonchev–Trinajstić information content (AvgIpc) is 2.26. The van der Waals surface area contributed by atoms with E-state index in [2.05, 4.69) is 4.72 Å². The molecule has 0 aliphatic carbocycles. The van der Waals surface area contributed by atoms with Gasteiger partial charge in [-0.05, 0) is 25.5 Å². The van der Waals surface area contributed by atoms with Crippen LogP contribution < -0.4 is 10.5 Å². The standard InChI is InChI=1S/C11H16F2N2O3S/c1-3-11(2,6-16)15-19(17,18)10-8(12)4-7(14)5-9(10)13/h4-5,15-16H,3,6,14H2,1-2H3. The third-order valence-electron chi connectivity index (χ3n) is 2.80. The molecule has 1 aromatic rings. The van der Waals surface area contributed by atoms with Crippen molar-refractivity contribution >= 4 is 15.7 Å². The van der Waals surface area contributed by atoms with E-state index in [0.29, 0.717) is 0 Å². The Bertz CT molecular complexity index is 548. The molecule has 0 saturated heterocycles. The monoisotopic (exact) mass is 294 g/mol. The zero-order chi connectivity index (χ0) is 14.8. The molecule has 1 unspecified atom stereocenters. The van der Waals surface area contributed by atoms with E-state index in [1.165, 1.54) is 6.92 Å². The average molecular weight is 294 g/mol. The maximum absolute atomic E-state index is 13.6. The van der Waals surface area contributed by atoms with Gasteiger partial charge in [0.1, 0.15) is 11.6 Å². The second-order valence-electron chi connectivity index (χ2n) is 4.49. The lowest BCUT2D eigenvalue weighted by molar-refractivity contribution is 0.191. The molecule has 0 aliphatic rings. The Hall–Kier alpha value is -1.25. The number of rotatable bonds is 5. The fourth-order valence-corrected chi connectivity index (χ4v) is 3.02. The Labute approximate surface area is 110 Å². The minimum absolute atomic E-state index is 0.214. The van der Waals surface area contributed by atoms with Gasteiger partial charge in [0.2, 0.25) is 10.0 Å². The SMILES string of the molecule is CCC(C)(CO)NS(=O)(=O)c1c(F)cc(N)cc1F. The molecule has 0 aliphatic heterocycles. The highest BCUT2D eigenvalue weighted by Crippen LogP contribution is 2.23. The van der Waals surface area contributed by atoms with Crippen molar-refractivity contribution in [2.45, 2.75) is 30.7 Å². The van der Waals surface area contributed by atoms with E-state index < -0.39 is 38.7 Å². The third-order valence-corrected chi connectivity index (χ3v) is 4.49. The number of aliphatic hydroxyl groups is 1. The highest BCUT2D eigenvalue weighted by atomic mass is 32.2. The van der Waals surface area contributed by atoms with E-state index >= 15 is 0 Å². The predicted molar refractivity (Wildman–Crippen MR) is 66.9 cm³/mol. The molecule has 4 N–H and O–H groups in total. The van der Waals surface area contributed by atoms with Gasteiger partial charge in [-0.25, -0.2) is 21.9 Å². The zero-order valence-electron chi connectivity index (χ0n) is 10.6. The molecule has 5 nitrogen and oxygen atoms in total. The largest absolute Gasteiger partial charge is 0.399 e. The lowest BCUT2D eigenvalue weighted by Crippen LogP contribution is -2.48. The molecule has 108 valence electrons. The van der Waals surface area contributed by atoms with E-state index in [4.69, 9.17) is 10.8 Å². The summed E-state index contributed by atoms with van der Waals surface area (Å²) in [5.74, 6) is -2.55. The molecule has 0 amide bonds. The summed E-state index contributed by atoms with van der Waals surface area (Å²) >= 11 is 0. The molecular formula is C11H16F2N2O3S. The number of hydrogen-bond acceptors (Lipinski definition) is 4. The molecule has 19 heavy (non-hydrogen) atoms. The Morgan fingerprint density at radius 1 is 1.37 bits per heavy atom. The first-order chi connectivity index (χ1) is 8.65. The summed E-state index contributed by atoms with van der Waals surface area (Å²) in [6.45, 7) is 2.56. The first-order valence-electron chi connectivity index (χ1n) is 5.54. The van der Waals surface area contributed by atoms with Crippen molar-refractivity contribution in [1.29, 1.82) is 0 Å². The van der Waals surface area contributed by atoms with Gasteiger partial charge >= 0.3 is 0 Å². The highest BCUT2D eigenvalue weighted by molar-refractivity contribution is 7.89. The van der Waals surface area contributed by atoms with Crippen LogP contribution >= 0.6 is 0 Å². The van der Waals surface area contributed by atoms with Gasteiger partial charge in [0, 0.05) is 5.69 Å². The summed E-state index contributed by atoms with van der Waals surface area (Å²) in [5, 5.41) is 9.14. The molecule has 1 aromatic carbocycles. The summed E-state index contributed by atoms with van der Waals surface area (Å²) in [7, 11) is -4.44. The molecule has 0 aromatic heterocycles. The zero-order valence-corrected chi connectivity index (χ0v) is 11.4. The number of sulfonamides is 1. The van der Waals surface area contributed by atoms with E-state index in [1.807, 2.05) is 0 Å². The Morgan fingerprint density at radius 3 is 2.21 bits per heavy atom. The molecule has 0 bridgehead atoms. The fraction of sp³-hybridized carbons (Fsp3) is 0.455. The van der Waals surface area contributed by atoms with Gasteiger partial charge in [0.05, 0.1) is 12.1 Å². The van der Waals surface area contributed by atoms with Crippen LogP contribution in [0.1, 0.15) is 20.3 Å². The number of nitrogens with one attached hydrogen (secondary N) is 1. The van der Waals surface area contributed by atoms with Gasteiger partial charge in [-0.2, -0.15) is 0 Å². The van der Waals surface area contributed by atoms with Crippen LogP contribution in [-0.4, -0.2) is 25.7 Å². The highest BCUT2D eigenvalue weighted by Gasteiger charge is 2.32. The van der Waals surface area contributed by atoms with Crippen molar-refractivity contribution in [2.24, 2.45) is 0 Å². The molecule has 0 radical (unpaired) electrons. The molecule has 0 spiro atoms. The van der Waals surface area contributed by atoms with Gasteiger partial charge < -0.3 is 10.8 Å². The van der Waals surface area contributed by atoms with Crippen molar-refractivity contribution in [2.75, 3.05) is 12.3 Å². The topological polar surface area (TPSA) is 92.4 Å². The van der Waals surface area contributed by atoms with Crippen LogP contribution in [0.4, 0.5) is 14.5 Å². The van der Waals surface area contributed by atoms with Crippen LogP contribution in [0.5, 0.6) is 0 Å². The molecule has 0 heterocycles. The lowest BCUT2D eigenvalue weighted by atomic mass is 10.0. The number of halogens is 2. The molecule has 1 atom stereocenters. The van der Waals surface area contributed by atoms with Gasteiger partial charge in [0.25, 0.3) is 0 Å². The predicted octanol–water partition coefficient (Wildman–Crippen LogP) is 0.986. The van der Waals surface area contributed by atoms with Crippen LogP contribution in [0.25, 0.3) is 0 Å². The van der Waals surface area contributed by atoms with Crippen molar-refractivity contribution in [3.8, 4) is 0 Å². The number of nitrogens with two attached hydrogens (primary N) is 1. The van der Waals surface area contributed by atoms with Crippen LogP contribution in [0.15, 0.2) is 17.0 Å². The summed E-state index contributed by atoms with van der Waals surface area (Å²) in [6.07, 6.45) is 0.251. The van der Waals surface area contributed by atoms with E-state index in [1.54, 1.807) is 6.92 Å². The molecule has 1 rings (SSSR count). The number of anilines is 1. The number of benzene rings is 1. The Kier molecular flexibility index (Phi) is 4.49. The first-order valence-corrected chi connectivity index (χ1v) is 7.03. The van der Waals surface area contributed by atoms with E-state index in [9.17, 15) is 17.2 Å². The van der Waals surface area contributed by atoms with Gasteiger partial charge in [-0.1, -0.05) is 6.92 Å².